The van der Waals surface area contributed by atoms with Crippen LogP contribution in [0.2, 0.25) is 0 Å². The molecule has 0 aromatic rings. The number of thioether (sulfide) groups is 1. The van der Waals surface area contributed by atoms with E-state index in [0.29, 0.717) is 5.75 Å². The number of hydrogen-bond acceptors (Lipinski definition) is 3. The van der Waals surface area contributed by atoms with Crippen molar-refractivity contribution in [3.8, 4) is 0 Å². The molecule has 4 heteroatoms. The van der Waals surface area contributed by atoms with Crippen LogP contribution in [0.4, 0.5) is 0 Å². The summed E-state index contributed by atoms with van der Waals surface area (Å²) in [4.78, 5) is 0. The first-order chi connectivity index (χ1) is 7.14. The van der Waals surface area contributed by atoms with Crippen LogP contribution in [-0.4, -0.2) is 31.0 Å². The van der Waals surface area contributed by atoms with Crippen molar-refractivity contribution in [3.63, 3.8) is 0 Å². The molecule has 1 N–H and O–H groups in total. The molecule has 15 heavy (non-hydrogen) atoms. The van der Waals surface area contributed by atoms with E-state index in [1.54, 1.807) is 11.8 Å². The molecule has 0 aromatic carbocycles. The van der Waals surface area contributed by atoms with Gasteiger partial charge in [0.15, 0.2) is 0 Å². The van der Waals surface area contributed by atoms with Crippen molar-refractivity contribution < 1.29 is 9.32 Å². The maximum atomic E-state index is 11.9. The maximum absolute atomic E-state index is 11.9. The van der Waals surface area contributed by atoms with Crippen molar-refractivity contribution in [2.75, 3.05) is 11.5 Å². The zero-order valence-corrected chi connectivity index (χ0v) is 11.3. The lowest BCUT2D eigenvalue weighted by Crippen LogP contribution is -2.45. The smallest absolute Gasteiger partial charge is 0.109 e. The lowest BCUT2D eigenvalue weighted by atomic mass is 9.86. The lowest BCUT2D eigenvalue weighted by molar-refractivity contribution is 0.0191. The van der Waals surface area contributed by atoms with Crippen LogP contribution < -0.4 is 0 Å². The third-order valence-corrected chi connectivity index (χ3v) is 6.61. The van der Waals surface area contributed by atoms with Gasteiger partial charge in [0, 0.05) is 16.6 Å². The van der Waals surface area contributed by atoms with Crippen LogP contribution in [0.1, 0.15) is 46.0 Å². The Kier molecular flexibility index (Phi) is 5.64. The molecule has 0 saturated heterocycles. The van der Waals surface area contributed by atoms with E-state index in [4.69, 9.17) is 0 Å². The Bertz CT molecular complexity index is 213. The molecule has 1 fully saturated rings. The molecule has 0 aliphatic heterocycles. The van der Waals surface area contributed by atoms with Gasteiger partial charge in [-0.05, 0) is 18.6 Å². The Morgan fingerprint density at radius 1 is 1.33 bits per heavy atom. The SMILES string of the molecule is CCSC(S(=O)CC)C1(O)CCCCC1. The molecule has 0 heterocycles. The van der Waals surface area contributed by atoms with Gasteiger partial charge in [0.05, 0.1) is 5.60 Å². The highest BCUT2D eigenvalue weighted by molar-refractivity contribution is 8.11. The fourth-order valence-electron chi connectivity index (χ4n) is 2.18. The largest absolute Gasteiger partial charge is 0.388 e. The van der Waals surface area contributed by atoms with Gasteiger partial charge in [-0.3, -0.25) is 4.21 Å². The van der Waals surface area contributed by atoms with Gasteiger partial charge in [0.1, 0.15) is 4.58 Å². The van der Waals surface area contributed by atoms with Gasteiger partial charge in [0.2, 0.25) is 0 Å². The van der Waals surface area contributed by atoms with Crippen LogP contribution in [0.5, 0.6) is 0 Å². The summed E-state index contributed by atoms with van der Waals surface area (Å²) in [5, 5.41) is 10.5. The van der Waals surface area contributed by atoms with E-state index in [9.17, 15) is 9.32 Å². The van der Waals surface area contributed by atoms with Crippen LogP contribution in [0.25, 0.3) is 0 Å². The molecule has 2 unspecified atom stereocenters. The third kappa shape index (κ3) is 3.46. The second-order valence-corrected chi connectivity index (χ2v) is 7.61. The van der Waals surface area contributed by atoms with E-state index >= 15 is 0 Å². The molecule has 90 valence electrons. The molecule has 0 amide bonds. The normalized spacial score (nSPS) is 24.7. The minimum absolute atomic E-state index is 0.0761. The number of hydrogen-bond donors (Lipinski definition) is 1. The Morgan fingerprint density at radius 2 is 1.93 bits per heavy atom. The minimum Gasteiger partial charge on any atom is -0.388 e. The molecule has 1 aliphatic carbocycles. The summed E-state index contributed by atoms with van der Waals surface area (Å²) in [5.41, 5.74) is -0.667. The van der Waals surface area contributed by atoms with Crippen LogP contribution >= 0.6 is 11.8 Å². The van der Waals surface area contributed by atoms with Gasteiger partial charge in [-0.15, -0.1) is 11.8 Å². The van der Waals surface area contributed by atoms with Crippen molar-refractivity contribution in [1.82, 2.24) is 0 Å². The van der Waals surface area contributed by atoms with Gasteiger partial charge in [-0.2, -0.15) is 0 Å². The third-order valence-electron chi connectivity index (χ3n) is 3.00. The maximum Gasteiger partial charge on any atom is 0.109 e. The molecule has 1 saturated carbocycles. The molecule has 0 bridgehead atoms. The molecular formula is C11H22O2S2. The summed E-state index contributed by atoms with van der Waals surface area (Å²) in [6, 6.07) is 0. The first kappa shape index (κ1) is 13.5. The van der Waals surface area contributed by atoms with Crippen molar-refractivity contribution in [2.24, 2.45) is 0 Å². The highest BCUT2D eigenvalue weighted by Gasteiger charge is 2.40. The Morgan fingerprint density at radius 3 is 2.40 bits per heavy atom. The van der Waals surface area contributed by atoms with Gasteiger partial charge < -0.3 is 5.11 Å². The van der Waals surface area contributed by atoms with Crippen molar-refractivity contribution >= 4 is 22.6 Å². The zero-order chi connectivity index (χ0) is 11.3. The number of aliphatic hydroxyl groups is 1. The second-order valence-electron chi connectivity index (χ2n) is 4.12. The van der Waals surface area contributed by atoms with Crippen LogP contribution in [-0.2, 0) is 10.8 Å². The summed E-state index contributed by atoms with van der Waals surface area (Å²) in [6.45, 7) is 4.00. The standard InChI is InChI=1S/C11H22O2S2/c1-3-14-10(15(13)4-2)11(12)8-6-5-7-9-11/h10,12H,3-9H2,1-2H3. The molecule has 1 rings (SSSR count). The van der Waals surface area contributed by atoms with Crippen molar-refractivity contribution in [3.05, 3.63) is 0 Å². The summed E-state index contributed by atoms with van der Waals surface area (Å²) >= 11 is 1.66. The predicted molar refractivity (Wildman–Crippen MR) is 68.6 cm³/mol. The lowest BCUT2D eigenvalue weighted by Gasteiger charge is -2.38. The molecule has 0 spiro atoms. The van der Waals surface area contributed by atoms with Crippen LogP contribution in [0.15, 0.2) is 0 Å². The predicted octanol–water partition coefficient (Wildman–Crippen LogP) is 2.53. The van der Waals surface area contributed by atoms with E-state index in [1.807, 2.05) is 6.92 Å². The minimum atomic E-state index is -0.889. The zero-order valence-electron chi connectivity index (χ0n) is 9.70. The van der Waals surface area contributed by atoms with Gasteiger partial charge in [0.25, 0.3) is 0 Å². The molecular weight excluding hydrogens is 228 g/mol. The van der Waals surface area contributed by atoms with Crippen LogP contribution in [0.3, 0.4) is 0 Å². The summed E-state index contributed by atoms with van der Waals surface area (Å²) < 4.78 is 11.9. The van der Waals surface area contributed by atoms with E-state index < -0.39 is 16.4 Å². The van der Waals surface area contributed by atoms with Gasteiger partial charge in [-0.1, -0.05) is 33.1 Å². The van der Waals surface area contributed by atoms with E-state index in [-0.39, 0.29) is 4.58 Å². The van der Waals surface area contributed by atoms with Crippen molar-refractivity contribution in [1.29, 1.82) is 0 Å². The quantitative estimate of drug-likeness (QED) is 0.815. The molecule has 1 aliphatic rings. The Hall–Kier alpha value is 0.460. The second kappa shape index (κ2) is 6.26. The molecule has 2 atom stereocenters. The van der Waals surface area contributed by atoms with E-state index in [0.717, 1.165) is 31.4 Å². The average Bonchev–Trinajstić information content (AvgIpc) is 2.25. The monoisotopic (exact) mass is 250 g/mol. The van der Waals surface area contributed by atoms with Crippen molar-refractivity contribution in [2.45, 2.75) is 56.1 Å². The van der Waals surface area contributed by atoms with Gasteiger partial charge in [-0.25, -0.2) is 0 Å². The topological polar surface area (TPSA) is 37.3 Å². The summed E-state index contributed by atoms with van der Waals surface area (Å²) in [5.74, 6) is 1.58. The fraction of sp³-hybridized carbons (Fsp3) is 1.00. The molecule has 0 radical (unpaired) electrons. The van der Waals surface area contributed by atoms with Crippen LogP contribution in [0, 0.1) is 0 Å². The average molecular weight is 250 g/mol. The highest BCUT2D eigenvalue weighted by atomic mass is 32.2. The Labute approximate surface area is 99.7 Å². The summed E-state index contributed by atoms with van der Waals surface area (Å²) in [7, 11) is -0.889. The Balaban J connectivity index is 2.71. The fourth-order valence-corrected chi connectivity index (χ4v) is 5.48. The molecule has 2 nitrogen and oxygen atoms in total. The first-order valence-electron chi connectivity index (χ1n) is 5.85. The molecule has 0 aromatic heterocycles. The summed E-state index contributed by atoms with van der Waals surface area (Å²) in [6.07, 6.45) is 5.04. The number of rotatable bonds is 5. The highest BCUT2D eigenvalue weighted by Crippen LogP contribution is 2.38. The van der Waals surface area contributed by atoms with Gasteiger partial charge >= 0.3 is 0 Å². The van der Waals surface area contributed by atoms with E-state index in [1.165, 1.54) is 6.42 Å². The van der Waals surface area contributed by atoms with E-state index in [2.05, 4.69) is 6.92 Å². The first-order valence-corrected chi connectivity index (χ1v) is 8.28.